The van der Waals surface area contributed by atoms with Crippen LogP contribution in [0, 0.1) is 5.92 Å². The summed E-state index contributed by atoms with van der Waals surface area (Å²) >= 11 is 0. The van der Waals surface area contributed by atoms with Gasteiger partial charge >= 0.3 is 0 Å². The average molecular weight is 301 g/mol. The van der Waals surface area contributed by atoms with E-state index >= 15 is 0 Å². The van der Waals surface area contributed by atoms with E-state index in [1.165, 1.54) is 0 Å². The second-order valence-corrected chi connectivity index (χ2v) is 12.3. The number of hydrogen-bond acceptors (Lipinski definition) is 3. The number of aldehydes is 1. The van der Waals surface area contributed by atoms with Gasteiger partial charge in [0.05, 0.1) is 5.60 Å². The molecule has 1 rings (SSSR count). The topological polar surface area (TPSA) is 35.5 Å². The van der Waals surface area contributed by atoms with Crippen LogP contribution in [0.1, 0.15) is 53.4 Å². The molecule has 20 heavy (non-hydrogen) atoms. The fourth-order valence-corrected chi connectivity index (χ4v) is 4.54. The van der Waals surface area contributed by atoms with Crippen LogP contribution < -0.4 is 0 Å². The molecule has 0 spiro atoms. The van der Waals surface area contributed by atoms with Gasteiger partial charge in [0.25, 0.3) is 0 Å². The molecule has 0 saturated carbocycles. The Morgan fingerprint density at radius 3 is 2.20 bits per heavy atom. The molecule has 0 radical (unpaired) electrons. The van der Waals surface area contributed by atoms with Crippen LogP contribution >= 0.6 is 0 Å². The molecule has 0 aliphatic carbocycles. The van der Waals surface area contributed by atoms with Gasteiger partial charge in [0.1, 0.15) is 6.29 Å². The third-order valence-corrected chi connectivity index (χ3v) is 9.79. The van der Waals surface area contributed by atoms with Gasteiger partial charge in [0, 0.05) is 19.6 Å². The van der Waals surface area contributed by atoms with E-state index in [0.717, 1.165) is 38.8 Å². The standard InChI is InChI=1S/C16H32O3Si/c1-7-16(10-11-17,14-8-12-18-13-9-14)19-20(5,6)15(2,3)4/h11,14H,7-10,12-13H2,1-6H3/t16-/m1/s1. The van der Waals surface area contributed by atoms with E-state index < -0.39 is 8.32 Å². The van der Waals surface area contributed by atoms with Gasteiger partial charge in [-0.3, -0.25) is 0 Å². The molecule has 3 nitrogen and oxygen atoms in total. The van der Waals surface area contributed by atoms with E-state index in [4.69, 9.17) is 9.16 Å². The zero-order valence-electron chi connectivity index (χ0n) is 14.1. The van der Waals surface area contributed by atoms with Crippen molar-refractivity contribution in [3.63, 3.8) is 0 Å². The Labute approximate surface area is 125 Å². The van der Waals surface area contributed by atoms with E-state index in [-0.39, 0.29) is 10.6 Å². The molecule has 0 bridgehead atoms. The highest BCUT2D eigenvalue weighted by Crippen LogP contribution is 2.44. The van der Waals surface area contributed by atoms with Crippen LogP contribution in [0.5, 0.6) is 0 Å². The van der Waals surface area contributed by atoms with Crippen molar-refractivity contribution >= 4 is 14.6 Å². The summed E-state index contributed by atoms with van der Waals surface area (Å²) in [5.41, 5.74) is -0.283. The summed E-state index contributed by atoms with van der Waals surface area (Å²) in [4.78, 5) is 11.3. The Morgan fingerprint density at radius 2 is 1.80 bits per heavy atom. The smallest absolute Gasteiger partial charge is 0.192 e. The lowest BCUT2D eigenvalue weighted by atomic mass is 9.78. The summed E-state index contributed by atoms with van der Waals surface area (Å²) in [6.07, 6.45) is 4.49. The SMILES string of the molecule is CC[C@](CC=O)(O[Si](C)(C)C(C)(C)C)C1CCOCC1. The van der Waals surface area contributed by atoms with Gasteiger partial charge in [-0.25, -0.2) is 0 Å². The molecule has 4 heteroatoms. The maximum atomic E-state index is 11.3. The molecule has 1 atom stereocenters. The van der Waals surface area contributed by atoms with Gasteiger partial charge in [0.15, 0.2) is 8.32 Å². The fourth-order valence-electron chi connectivity index (χ4n) is 2.82. The summed E-state index contributed by atoms with van der Waals surface area (Å²) < 4.78 is 12.3. The van der Waals surface area contributed by atoms with Gasteiger partial charge in [-0.2, -0.15) is 0 Å². The molecule has 1 heterocycles. The highest BCUT2D eigenvalue weighted by atomic mass is 28.4. The number of carbonyl (C=O) groups is 1. The fraction of sp³-hybridized carbons (Fsp3) is 0.938. The second-order valence-electron chi connectivity index (χ2n) is 7.54. The van der Waals surface area contributed by atoms with Crippen molar-refractivity contribution in [2.75, 3.05) is 13.2 Å². The molecule has 1 aliphatic rings. The first-order chi connectivity index (χ1) is 9.18. The van der Waals surface area contributed by atoms with Gasteiger partial charge in [0.2, 0.25) is 0 Å². The molecule has 1 aliphatic heterocycles. The maximum Gasteiger partial charge on any atom is 0.192 e. The summed E-state index contributed by atoms with van der Waals surface area (Å²) in [5.74, 6) is 0.445. The van der Waals surface area contributed by atoms with Crippen molar-refractivity contribution in [1.29, 1.82) is 0 Å². The quantitative estimate of drug-likeness (QED) is 0.545. The van der Waals surface area contributed by atoms with Gasteiger partial charge in [-0.1, -0.05) is 27.7 Å². The van der Waals surface area contributed by atoms with Crippen molar-refractivity contribution in [1.82, 2.24) is 0 Å². The molecule has 0 amide bonds. The molecule has 0 aromatic carbocycles. The number of carbonyl (C=O) groups excluding carboxylic acids is 1. The second kappa shape index (κ2) is 6.71. The van der Waals surface area contributed by atoms with E-state index in [0.29, 0.717) is 12.3 Å². The lowest BCUT2D eigenvalue weighted by molar-refractivity contribution is -0.117. The molecule has 118 valence electrons. The van der Waals surface area contributed by atoms with Gasteiger partial charge in [-0.15, -0.1) is 0 Å². The first-order valence-electron chi connectivity index (χ1n) is 7.90. The lowest BCUT2D eigenvalue weighted by Crippen LogP contribution is -2.54. The third kappa shape index (κ3) is 3.92. The summed E-state index contributed by atoms with van der Waals surface area (Å²) in [7, 11) is -1.88. The molecule has 0 aromatic heterocycles. The molecule has 1 saturated heterocycles. The van der Waals surface area contributed by atoms with Gasteiger partial charge < -0.3 is 14.0 Å². The van der Waals surface area contributed by atoms with Crippen molar-refractivity contribution in [2.45, 2.75) is 77.1 Å². The van der Waals surface area contributed by atoms with Crippen molar-refractivity contribution in [2.24, 2.45) is 5.92 Å². The van der Waals surface area contributed by atoms with Crippen LogP contribution in [0.2, 0.25) is 18.1 Å². The monoisotopic (exact) mass is 300 g/mol. The minimum Gasteiger partial charge on any atom is -0.411 e. The van der Waals surface area contributed by atoms with E-state index in [2.05, 4.69) is 40.8 Å². The van der Waals surface area contributed by atoms with Crippen LogP contribution in [0.15, 0.2) is 0 Å². The van der Waals surface area contributed by atoms with E-state index in [1.54, 1.807) is 0 Å². The highest BCUT2D eigenvalue weighted by molar-refractivity contribution is 6.74. The minimum atomic E-state index is -1.88. The molecular weight excluding hydrogens is 268 g/mol. The van der Waals surface area contributed by atoms with Crippen molar-refractivity contribution in [3.8, 4) is 0 Å². The third-order valence-electron chi connectivity index (χ3n) is 5.26. The molecular formula is C16H32O3Si. The molecule has 1 fully saturated rings. The Kier molecular flexibility index (Phi) is 5.99. The highest BCUT2D eigenvalue weighted by Gasteiger charge is 2.47. The van der Waals surface area contributed by atoms with Crippen LogP contribution in [0.3, 0.4) is 0 Å². The average Bonchev–Trinajstić information content (AvgIpc) is 2.37. The first kappa shape index (κ1) is 17.9. The van der Waals surface area contributed by atoms with Crippen LogP contribution in [0.4, 0.5) is 0 Å². The number of hydrogen-bond donors (Lipinski definition) is 0. The number of ether oxygens (including phenoxy) is 1. The first-order valence-corrected chi connectivity index (χ1v) is 10.8. The van der Waals surface area contributed by atoms with Crippen LogP contribution in [-0.2, 0) is 14.0 Å². The van der Waals surface area contributed by atoms with E-state index in [9.17, 15) is 4.79 Å². The Morgan fingerprint density at radius 1 is 1.25 bits per heavy atom. The number of rotatable bonds is 6. The molecule has 0 N–H and O–H groups in total. The Bertz CT molecular complexity index is 316. The summed E-state index contributed by atoms with van der Waals surface area (Å²) in [6.45, 7) is 15.1. The van der Waals surface area contributed by atoms with Crippen molar-refractivity contribution < 1.29 is 14.0 Å². The predicted molar refractivity (Wildman–Crippen MR) is 85.5 cm³/mol. The van der Waals surface area contributed by atoms with Crippen LogP contribution in [-0.4, -0.2) is 33.4 Å². The van der Waals surface area contributed by atoms with Crippen LogP contribution in [0.25, 0.3) is 0 Å². The van der Waals surface area contributed by atoms with E-state index in [1.807, 2.05) is 0 Å². The van der Waals surface area contributed by atoms with Gasteiger partial charge in [-0.05, 0) is 43.3 Å². The normalized spacial score (nSPS) is 21.5. The maximum absolute atomic E-state index is 11.3. The summed E-state index contributed by atoms with van der Waals surface area (Å²) in [5, 5.41) is 0.168. The zero-order valence-corrected chi connectivity index (χ0v) is 15.1. The minimum absolute atomic E-state index is 0.168. The Hall–Kier alpha value is -0.193. The molecule has 0 unspecified atom stereocenters. The largest absolute Gasteiger partial charge is 0.411 e. The Balaban J connectivity index is 3.01. The zero-order chi connectivity index (χ0) is 15.4. The summed E-state index contributed by atoms with van der Waals surface area (Å²) in [6, 6.07) is 0. The predicted octanol–water partition coefficient (Wildman–Crippen LogP) is 4.17. The molecule has 0 aromatic rings. The lowest BCUT2D eigenvalue weighted by Gasteiger charge is -2.49. The van der Waals surface area contributed by atoms with Crippen molar-refractivity contribution in [3.05, 3.63) is 0 Å².